The number of rotatable bonds is 7. The third-order valence-corrected chi connectivity index (χ3v) is 8.01. The summed E-state index contributed by atoms with van der Waals surface area (Å²) in [6, 6.07) is 16.5. The van der Waals surface area contributed by atoms with Gasteiger partial charge in [0.05, 0.1) is 25.7 Å². The van der Waals surface area contributed by atoms with Crippen LogP contribution in [0.3, 0.4) is 0 Å². The second-order valence-electron chi connectivity index (χ2n) is 8.17. The molecule has 1 saturated heterocycles. The molecular formula is C25H29N3O5S. The zero-order chi connectivity index (χ0) is 24.3. The molecule has 0 aliphatic carbocycles. The maximum atomic E-state index is 13.2. The van der Waals surface area contributed by atoms with E-state index in [2.05, 4.69) is 5.32 Å². The number of benzene rings is 3. The van der Waals surface area contributed by atoms with Crippen molar-refractivity contribution in [1.29, 1.82) is 0 Å². The third-order valence-electron chi connectivity index (χ3n) is 6.11. The van der Waals surface area contributed by atoms with Gasteiger partial charge in [-0.15, -0.1) is 0 Å². The Morgan fingerprint density at radius 3 is 2.24 bits per heavy atom. The van der Waals surface area contributed by atoms with Gasteiger partial charge in [0.25, 0.3) is 0 Å². The summed E-state index contributed by atoms with van der Waals surface area (Å²) in [6.45, 7) is 3.24. The molecule has 1 aliphatic rings. The summed E-state index contributed by atoms with van der Waals surface area (Å²) in [6.07, 6.45) is 0. The zero-order valence-electron chi connectivity index (χ0n) is 19.6. The lowest BCUT2D eigenvalue weighted by atomic mass is 10.1. The Hall–Kier alpha value is -3.30. The molecule has 34 heavy (non-hydrogen) atoms. The normalized spacial score (nSPS) is 14.7. The zero-order valence-corrected chi connectivity index (χ0v) is 20.4. The molecule has 0 saturated carbocycles. The highest BCUT2D eigenvalue weighted by Gasteiger charge is 2.30. The van der Waals surface area contributed by atoms with Gasteiger partial charge in [-0.05, 0) is 41.5 Å². The van der Waals surface area contributed by atoms with Gasteiger partial charge in [-0.2, -0.15) is 4.31 Å². The van der Waals surface area contributed by atoms with Crippen LogP contribution in [0.4, 0.5) is 5.69 Å². The number of fused-ring (bicyclic) bond motifs is 1. The van der Waals surface area contributed by atoms with Crippen LogP contribution < -0.4 is 14.8 Å². The standard InChI is InChI=1S/C25H29N3O5S/c1-18-14-23(32-2)24(33-3)16-22(18)26-17-25(29)27-10-12-28(13-11-27)34(30,31)21-9-8-19-6-4-5-7-20(19)15-21/h4-9,14-16,26H,10-13,17H2,1-3H3. The molecule has 0 aromatic heterocycles. The minimum atomic E-state index is -3.62. The molecular weight excluding hydrogens is 454 g/mol. The van der Waals surface area contributed by atoms with Crippen molar-refractivity contribution < 1.29 is 22.7 Å². The fourth-order valence-electron chi connectivity index (χ4n) is 4.11. The number of methoxy groups -OCH3 is 2. The molecule has 1 fully saturated rings. The van der Waals surface area contributed by atoms with Crippen molar-refractivity contribution in [2.24, 2.45) is 0 Å². The van der Waals surface area contributed by atoms with Crippen LogP contribution in [-0.2, 0) is 14.8 Å². The van der Waals surface area contributed by atoms with Gasteiger partial charge >= 0.3 is 0 Å². The number of ether oxygens (including phenoxy) is 2. The number of nitrogens with one attached hydrogen (secondary N) is 1. The van der Waals surface area contributed by atoms with E-state index in [1.807, 2.05) is 43.3 Å². The summed E-state index contributed by atoms with van der Waals surface area (Å²) in [5, 5.41) is 5.04. The van der Waals surface area contributed by atoms with Crippen molar-refractivity contribution in [1.82, 2.24) is 9.21 Å². The lowest BCUT2D eigenvalue weighted by Crippen LogP contribution is -2.51. The van der Waals surface area contributed by atoms with Crippen LogP contribution in [0.5, 0.6) is 11.5 Å². The first kappa shape index (κ1) is 23.8. The highest BCUT2D eigenvalue weighted by Crippen LogP contribution is 2.32. The molecule has 0 unspecified atom stereocenters. The maximum Gasteiger partial charge on any atom is 0.243 e. The Labute approximate surface area is 200 Å². The topological polar surface area (TPSA) is 88.2 Å². The largest absolute Gasteiger partial charge is 0.493 e. The molecule has 0 atom stereocenters. The van der Waals surface area contributed by atoms with E-state index in [1.54, 1.807) is 37.3 Å². The molecule has 4 rings (SSSR count). The van der Waals surface area contributed by atoms with Gasteiger partial charge in [0, 0.05) is 37.9 Å². The molecule has 8 nitrogen and oxygen atoms in total. The SMILES string of the molecule is COc1cc(C)c(NCC(=O)N2CCN(S(=O)(=O)c3ccc4ccccc4c3)CC2)cc1OC. The van der Waals surface area contributed by atoms with E-state index in [-0.39, 0.29) is 30.4 Å². The van der Waals surface area contributed by atoms with Gasteiger partial charge in [0.1, 0.15) is 0 Å². The van der Waals surface area contributed by atoms with E-state index in [4.69, 9.17) is 9.47 Å². The quantitative estimate of drug-likeness (QED) is 0.556. The highest BCUT2D eigenvalue weighted by molar-refractivity contribution is 7.89. The smallest absolute Gasteiger partial charge is 0.243 e. The van der Waals surface area contributed by atoms with Crippen molar-refractivity contribution in [2.75, 3.05) is 52.3 Å². The summed E-state index contributed by atoms with van der Waals surface area (Å²) in [7, 11) is -0.484. The third kappa shape index (κ3) is 4.80. The van der Waals surface area contributed by atoms with Crippen LogP contribution in [0.25, 0.3) is 10.8 Å². The second-order valence-corrected chi connectivity index (χ2v) is 10.1. The summed E-state index contributed by atoms with van der Waals surface area (Å²) in [5.41, 5.74) is 1.71. The predicted octanol–water partition coefficient (Wildman–Crippen LogP) is 3.11. The van der Waals surface area contributed by atoms with Crippen molar-refractivity contribution in [3.63, 3.8) is 0 Å². The highest BCUT2D eigenvalue weighted by atomic mass is 32.2. The number of hydrogen-bond acceptors (Lipinski definition) is 6. The van der Waals surface area contributed by atoms with E-state index < -0.39 is 10.0 Å². The Balaban J connectivity index is 1.37. The number of aryl methyl sites for hydroxylation is 1. The lowest BCUT2D eigenvalue weighted by Gasteiger charge is -2.34. The maximum absolute atomic E-state index is 13.2. The minimum Gasteiger partial charge on any atom is -0.493 e. The van der Waals surface area contributed by atoms with Gasteiger partial charge in [-0.1, -0.05) is 30.3 Å². The summed E-state index contributed by atoms with van der Waals surface area (Å²) < 4.78 is 38.4. The number of anilines is 1. The number of sulfonamides is 1. The van der Waals surface area contributed by atoms with E-state index in [1.165, 1.54) is 4.31 Å². The molecule has 1 N–H and O–H groups in total. The Morgan fingerprint density at radius 2 is 1.56 bits per heavy atom. The predicted molar refractivity (Wildman–Crippen MR) is 132 cm³/mol. The van der Waals surface area contributed by atoms with Crippen LogP contribution in [0, 0.1) is 6.92 Å². The van der Waals surface area contributed by atoms with Crippen LogP contribution in [0.1, 0.15) is 5.56 Å². The molecule has 3 aromatic carbocycles. The van der Waals surface area contributed by atoms with E-state index in [0.29, 0.717) is 24.6 Å². The number of carbonyl (C=O) groups excluding carboxylic acids is 1. The molecule has 180 valence electrons. The molecule has 0 spiro atoms. The number of nitrogens with zero attached hydrogens (tertiary/aromatic N) is 2. The molecule has 1 aliphatic heterocycles. The van der Waals surface area contributed by atoms with Gasteiger partial charge in [0.15, 0.2) is 11.5 Å². The Morgan fingerprint density at radius 1 is 0.912 bits per heavy atom. The van der Waals surface area contributed by atoms with Crippen molar-refractivity contribution in [2.45, 2.75) is 11.8 Å². The van der Waals surface area contributed by atoms with Gasteiger partial charge in [-0.25, -0.2) is 8.42 Å². The van der Waals surface area contributed by atoms with E-state index in [0.717, 1.165) is 22.0 Å². The van der Waals surface area contributed by atoms with Gasteiger partial charge in [-0.3, -0.25) is 4.79 Å². The lowest BCUT2D eigenvalue weighted by molar-refractivity contribution is -0.130. The number of amides is 1. The molecule has 1 heterocycles. The van der Waals surface area contributed by atoms with Crippen molar-refractivity contribution >= 4 is 32.4 Å². The van der Waals surface area contributed by atoms with Gasteiger partial charge in [0.2, 0.25) is 15.9 Å². The molecule has 0 radical (unpaired) electrons. The first-order valence-electron chi connectivity index (χ1n) is 11.1. The van der Waals surface area contributed by atoms with Crippen LogP contribution in [-0.4, -0.2) is 70.5 Å². The Kier molecular flexibility index (Phi) is 6.95. The second kappa shape index (κ2) is 9.90. The molecule has 1 amide bonds. The monoisotopic (exact) mass is 483 g/mol. The number of hydrogen-bond donors (Lipinski definition) is 1. The summed E-state index contributed by atoms with van der Waals surface area (Å²) >= 11 is 0. The van der Waals surface area contributed by atoms with E-state index >= 15 is 0 Å². The van der Waals surface area contributed by atoms with Crippen LogP contribution in [0.2, 0.25) is 0 Å². The number of carbonyl (C=O) groups is 1. The minimum absolute atomic E-state index is 0.0862. The number of piperazine rings is 1. The molecule has 3 aromatic rings. The van der Waals surface area contributed by atoms with Gasteiger partial charge < -0.3 is 19.7 Å². The fraction of sp³-hybridized carbons (Fsp3) is 0.320. The van der Waals surface area contributed by atoms with Crippen molar-refractivity contribution in [3.05, 3.63) is 60.2 Å². The summed E-state index contributed by atoms with van der Waals surface area (Å²) in [4.78, 5) is 14.7. The van der Waals surface area contributed by atoms with Crippen molar-refractivity contribution in [3.8, 4) is 11.5 Å². The first-order valence-corrected chi connectivity index (χ1v) is 12.5. The van der Waals surface area contributed by atoms with Crippen LogP contribution >= 0.6 is 0 Å². The first-order chi connectivity index (χ1) is 16.3. The summed E-state index contributed by atoms with van der Waals surface area (Å²) in [5.74, 6) is 1.12. The van der Waals surface area contributed by atoms with Crippen LogP contribution in [0.15, 0.2) is 59.5 Å². The average Bonchev–Trinajstić information content (AvgIpc) is 2.87. The molecule has 0 bridgehead atoms. The fourth-order valence-corrected chi connectivity index (χ4v) is 5.57. The Bertz CT molecular complexity index is 1300. The van der Waals surface area contributed by atoms with E-state index in [9.17, 15) is 13.2 Å². The molecule has 9 heteroatoms. The average molecular weight is 484 g/mol.